The van der Waals surface area contributed by atoms with Crippen LogP contribution in [-0.2, 0) is 21.7 Å². The molecule has 1 heterocycles. The van der Waals surface area contributed by atoms with Gasteiger partial charge in [0, 0.05) is 32.7 Å². The SMILES string of the molecule is CN1CCNCCN(C)C[C-](C(F)(F)F)N(C)CC1.[Cl-].[Cl-].[Cl-].[Ti+4]. The van der Waals surface area contributed by atoms with Crippen LogP contribution in [0.15, 0.2) is 0 Å². The van der Waals surface area contributed by atoms with Gasteiger partial charge in [0.25, 0.3) is 6.18 Å². The monoisotopic (exact) mass is 434 g/mol. The molecule has 0 aliphatic carbocycles. The van der Waals surface area contributed by atoms with Gasteiger partial charge in [0.15, 0.2) is 0 Å². The van der Waals surface area contributed by atoms with Gasteiger partial charge >= 0.3 is 21.7 Å². The van der Waals surface area contributed by atoms with Gasteiger partial charge in [-0.25, -0.2) is 13.2 Å². The van der Waals surface area contributed by atoms with Gasteiger partial charge < -0.3 is 57.2 Å². The summed E-state index contributed by atoms with van der Waals surface area (Å²) >= 11 is 0. The molecule has 11 heteroatoms. The van der Waals surface area contributed by atoms with Crippen LogP contribution < -0.4 is 42.5 Å². The van der Waals surface area contributed by atoms with Crippen molar-refractivity contribution in [2.45, 2.75) is 6.18 Å². The smallest absolute Gasteiger partial charge is 1.00 e. The molecule has 0 atom stereocenters. The summed E-state index contributed by atoms with van der Waals surface area (Å²) in [5, 5.41) is 3.24. The van der Waals surface area contributed by atoms with Crippen LogP contribution in [0.25, 0.3) is 0 Å². The fraction of sp³-hybridized carbons (Fsp3) is 0.917. The van der Waals surface area contributed by atoms with Crippen molar-refractivity contribution in [1.82, 2.24) is 20.0 Å². The van der Waals surface area contributed by atoms with Crippen LogP contribution in [-0.4, -0.2) is 87.8 Å². The van der Waals surface area contributed by atoms with Crippen molar-refractivity contribution in [3.8, 4) is 0 Å². The van der Waals surface area contributed by atoms with Crippen molar-refractivity contribution >= 4 is 0 Å². The summed E-state index contributed by atoms with van der Waals surface area (Å²) in [6.45, 7) is 3.98. The molecule has 1 fully saturated rings. The molecule has 0 saturated carbocycles. The number of nitrogens with zero attached hydrogens (tertiary/aromatic N) is 3. The van der Waals surface area contributed by atoms with Gasteiger partial charge in [-0.2, -0.15) is 0 Å². The first-order valence-corrected chi connectivity index (χ1v) is 6.52. The molecule has 0 radical (unpaired) electrons. The maximum absolute atomic E-state index is 13.1. The Labute approximate surface area is 171 Å². The Kier molecular flexibility index (Phi) is 21.5. The van der Waals surface area contributed by atoms with Gasteiger partial charge in [-0.15, -0.1) is 12.6 Å². The minimum absolute atomic E-state index is 0. The fourth-order valence-electron chi connectivity index (χ4n) is 1.99. The Bertz CT molecular complexity index is 278. The summed E-state index contributed by atoms with van der Waals surface area (Å²) in [4.78, 5) is 5.09. The van der Waals surface area contributed by atoms with Crippen LogP contribution in [0.4, 0.5) is 13.2 Å². The minimum atomic E-state index is -4.26. The molecule has 1 saturated heterocycles. The van der Waals surface area contributed by atoms with Crippen molar-refractivity contribution in [2.75, 3.05) is 67.0 Å². The molecule has 0 aromatic rings. The second-order valence-corrected chi connectivity index (χ2v) is 5.16. The van der Waals surface area contributed by atoms with Gasteiger partial charge in [-0.3, -0.25) is 0 Å². The first-order chi connectivity index (χ1) is 8.80. The van der Waals surface area contributed by atoms with Crippen LogP contribution in [0.1, 0.15) is 0 Å². The first kappa shape index (κ1) is 31.9. The third kappa shape index (κ3) is 13.1. The van der Waals surface area contributed by atoms with Crippen molar-refractivity contribution in [1.29, 1.82) is 0 Å². The quantitative estimate of drug-likeness (QED) is 0.302. The number of likely N-dealkylation sites (N-methyl/N-ethyl adjacent to an activating group) is 3. The Morgan fingerprint density at radius 3 is 1.78 bits per heavy atom. The predicted octanol–water partition coefficient (Wildman–Crippen LogP) is -8.51. The molecule has 1 aliphatic heterocycles. The Morgan fingerprint density at radius 2 is 1.30 bits per heavy atom. The maximum atomic E-state index is 13.1. The van der Waals surface area contributed by atoms with Gasteiger partial charge in [0.1, 0.15) is 0 Å². The number of halogens is 6. The Balaban J connectivity index is -0.000000451. The third-order valence-electron chi connectivity index (χ3n) is 3.37. The molecular weight excluding hydrogens is 411 g/mol. The summed E-state index contributed by atoms with van der Waals surface area (Å²) in [5.41, 5.74) is 0. The number of hydrogen-bond acceptors (Lipinski definition) is 4. The van der Waals surface area contributed by atoms with E-state index in [-0.39, 0.29) is 65.5 Å². The van der Waals surface area contributed by atoms with Crippen molar-refractivity contribution < 1.29 is 72.1 Å². The number of rotatable bonds is 0. The van der Waals surface area contributed by atoms with Crippen molar-refractivity contribution in [2.24, 2.45) is 0 Å². The summed E-state index contributed by atoms with van der Waals surface area (Å²) in [6.07, 6.45) is -4.26. The number of alkyl halides is 3. The van der Waals surface area contributed by atoms with Crippen molar-refractivity contribution in [3.63, 3.8) is 0 Å². The zero-order valence-electron chi connectivity index (χ0n) is 13.6. The Morgan fingerprint density at radius 1 is 0.826 bits per heavy atom. The fourth-order valence-corrected chi connectivity index (χ4v) is 1.99. The normalized spacial score (nSPS) is 20.6. The molecular formula is C12H24Cl3F3N4Ti. The van der Waals surface area contributed by atoms with Crippen LogP contribution in [0.5, 0.6) is 0 Å². The largest absolute Gasteiger partial charge is 4.00 e. The molecule has 0 aromatic carbocycles. The third-order valence-corrected chi connectivity index (χ3v) is 3.37. The van der Waals surface area contributed by atoms with E-state index < -0.39 is 12.2 Å². The summed E-state index contributed by atoms with van der Waals surface area (Å²) in [6, 6.07) is -0.469. The molecule has 1 N–H and O–H groups in total. The van der Waals surface area contributed by atoms with Crippen LogP contribution >= 0.6 is 0 Å². The summed E-state index contributed by atoms with van der Waals surface area (Å²) in [7, 11) is 5.17. The zero-order chi connectivity index (χ0) is 14.5. The molecule has 138 valence electrons. The van der Waals surface area contributed by atoms with E-state index in [9.17, 15) is 13.2 Å². The standard InChI is InChI=1S/C12H24F3N4.3ClH.Ti/c1-17-6-4-16-5-7-18(2)10-11(12(13,14)15)19(3)9-8-17;;;;/h16H,4-10H2,1-3H3;3*1H;/q-1;;;;+4/p-3. The average Bonchev–Trinajstić information content (AvgIpc) is 2.29. The summed E-state index contributed by atoms with van der Waals surface area (Å²) < 4.78 is 39.2. The number of hydrogen-bond donors (Lipinski definition) is 1. The van der Waals surface area contributed by atoms with Gasteiger partial charge in [0.2, 0.25) is 0 Å². The summed E-state index contributed by atoms with van der Waals surface area (Å²) in [5.74, 6) is 0. The van der Waals surface area contributed by atoms with E-state index in [2.05, 4.69) is 5.32 Å². The molecule has 0 unspecified atom stereocenters. The first-order valence-electron chi connectivity index (χ1n) is 6.52. The molecule has 0 spiro atoms. The van der Waals surface area contributed by atoms with E-state index in [0.717, 1.165) is 13.1 Å². The second kappa shape index (κ2) is 15.5. The molecule has 0 amide bonds. The van der Waals surface area contributed by atoms with Crippen LogP contribution in [0.2, 0.25) is 0 Å². The Hall–Kier alpha value is 1.21. The van der Waals surface area contributed by atoms with E-state index in [0.29, 0.717) is 26.2 Å². The van der Waals surface area contributed by atoms with E-state index in [4.69, 9.17) is 0 Å². The van der Waals surface area contributed by atoms with Crippen LogP contribution in [0, 0.1) is 6.04 Å². The van der Waals surface area contributed by atoms with E-state index >= 15 is 0 Å². The maximum Gasteiger partial charge on any atom is 4.00 e. The molecule has 1 aliphatic rings. The van der Waals surface area contributed by atoms with E-state index in [1.807, 2.05) is 11.9 Å². The molecule has 23 heavy (non-hydrogen) atoms. The van der Waals surface area contributed by atoms with Gasteiger partial charge in [-0.05, 0) is 27.7 Å². The minimum Gasteiger partial charge on any atom is -1.00 e. The van der Waals surface area contributed by atoms with E-state index in [1.54, 1.807) is 11.9 Å². The molecule has 1 rings (SSSR count). The molecule has 0 aromatic heterocycles. The molecule has 0 bridgehead atoms. The zero-order valence-corrected chi connectivity index (χ0v) is 17.4. The second-order valence-electron chi connectivity index (χ2n) is 5.16. The van der Waals surface area contributed by atoms with E-state index in [1.165, 1.54) is 11.9 Å². The predicted molar refractivity (Wildman–Crippen MR) is 69.8 cm³/mol. The van der Waals surface area contributed by atoms with Crippen LogP contribution in [0.3, 0.4) is 0 Å². The van der Waals surface area contributed by atoms with Gasteiger partial charge in [-0.1, -0.05) is 0 Å². The molecule has 4 nitrogen and oxygen atoms in total. The van der Waals surface area contributed by atoms with Gasteiger partial charge in [0.05, 0.1) is 0 Å². The average molecular weight is 436 g/mol. The topological polar surface area (TPSA) is 21.8 Å². The number of nitrogens with one attached hydrogen (secondary N) is 1. The van der Waals surface area contributed by atoms with Crippen molar-refractivity contribution in [3.05, 3.63) is 6.04 Å².